The van der Waals surface area contributed by atoms with Crippen molar-refractivity contribution in [3.8, 4) is 5.75 Å². The third-order valence-corrected chi connectivity index (χ3v) is 5.12. The Kier molecular flexibility index (Phi) is 5.63. The van der Waals surface area contributed by atoms with Gasteiger partial charge in [-0.2, -0.15) is 0 Å². The summed E-state index contributed by atoms with van der Waals surface area (Å²) in [5, 5.41) is 0.705. The summed E-state index contributed by atoms with van der Waals surface area (Å²) in [6.07, 6.45) is 1.00. The Labute approximate surface area is 156 Å². The highest BCUT2D eigenvalue weighted by Gasteiger charge is 2.15. The van der Waals surface area contributed by atoms with E-state index in [1.807, 2.05) is 24.3 Å². The Morgan fingerprint density at radius 3 is 2.54 bits per heavy atom. The SMILES string of the molecule is CC(=O)c1ccc(OCCCC(=O)N(C)c2nc3ccccc3s2)cc1. The van der Waals surface area contributed by atoms with Crippen LogP contribution in [-0.4, -0.2) is 30.3 Å². The molecule has 0 unspecified atom stereocenters. The Bertz CT molecular complexity index is 885. The number of ketones is 1. The van der Waals surface area contributed by atoms with E-state index < -0.39 is 0 Å². The van der Waals surface area contributed by atoms with Gasteiger partial charge in [0.15, 0.2) is 10.9 Å². The molecule has 1 heterocycles. The maximum absolute atomic E-state index is 12.4. The molecule has 134 valence electrons. The lowest BCUT2D eigenvalue weighted by Crippen LogP contribution is -2.26. The molecule has 3 rings (SSSR count). The fourth-order valence-electron chi connectivity index (χ4n) is 2.48. The van der Waals surface area contributed by atoms with E-state index in [1.165, 1.54) is 18.3 Å². The molecule has 3 aromatic rings. The normalized spacial score (nSPS) is 10.7. The summed E-state index contributed by atoms with van der Waals surface area (Å²) in [6, 6.07) is 14.9. The summed E-state index contributed by atoms with van der Waals surface area (Å²) in [5.74, 6) is 0.738. The fourth-order valence-corrected chi connectivity index (χ4v) is 3.42. The minimum Gasteiger partial charge on any atom is -0.494 e. The number of anilines is 1. The van der Waals surface area contributed by atoms with Crippen LogP contribution in [-0.2, 0) is 4.79 Å². The molecule has 0 fully saturated rings. The van der Waals surface area contributed by atoms with Gasteiger partial charge in [-0.1, -0.05) is 23.5 Å². The van der Waals surface area contributed by atoms with E-state index in [9.17, 15) is 9.59 Å². The average Bonchev–Trinajstić information content (AvgIpc) is 3.09. The first kappa shape index (κ1) is 18.1. The third-order valence-electron chi connectivity index (χ3n) is 4.01. The molecule has 0 saturated carbocycles. The molecule has 2 aromatic carbocycles. The van der Waals surface area contributed by atoms with Crippen LogP contribution < -0.4 is 9.64 Å². The number of fused-ring (bicyclic) bond motifs is 1. The number of thiazole rings is 1. The van der Waals surface area contributed by atoms with Crippen LogP contribution in [0.3, 0.4) is 0 Å². The van der Waals surface area contributed by atoms with Gasteiger partial charge in [-0.15, -0.1) is 0 Å². The molecule has 0 aliphatic carbocycles. The van der Waals surface area contributed by atoms with E-state index in [2.05, 4.69) is 4.98 Å². The predicted octanol–water partition coefficient (Wildman–Crippen LogP) is 4.32. The Hall–Kier alpha value is -2.73. The first-order chi connectivity index (χ1) is 12.5. The second kappa shape index (κ2) is 8.10. The zero-order chi connectivity index (χ0) is 18.5. The van der Waals surface area contributed by atoms with E-state index in [0.29, 0.717) is 35.9 Å². The van der Waals surface area contributed by atoms with E-state index in [-0.39, 0.29) is 11.7 Å². The number of nitrogens with zero attached hydrogens (tertiary/aromatic N) is 2. The van der Waals surface area contributed by atoms with Crippen molar-refractivity contribution in [3.05, 3.63) is 54.1 Å². The predicted molar refractivity (Wildman–Crippen MR) is 104 cm³/mol. The van der Waals surface area contributed by atoms with Crippen LogP contribution in [0.2, 0.25) is 0 Å². The molecule has 0 aliphatic heterocycles. The maximum Gasteiger partial charge on any atom is 0.228 e. The number of hydrogen-bond donors (Lipinski definition) is 0. The molecule has 5 nitrogen and oxygen atoms in total. The van der Waals surface area contributed by atoms with E-state index in [4.69, 9.17) is 4.74 Å². The number of aromatic nitrogens is 1. The molecule has 0 aliphatic rings. The number of carbonyl (C=O) groups excluding carboxylic acids is 2. The van der Waals surface area contributed by atoms with Gasteiger partial charge in [-0.05, 0) is 49.7 Å². The molecular formula is C20H20N2O3S. The lowest BCUT2D eigenvalue weighted by Gasteiger charge is -2.13. The molecule has 0 atom stereocenters. The highest BCUT2D eigenvalue weighted by atomic mass is 32.1. The summed E-state index contributed by atoms with van der Waals surface area (Å²) in [7, 11) is 1.75. The highest BCUT2D eigenvalue weighted by molar-refractivity contribution is 7.22. The van der Waals surface area contributed by atoms with Crippen molar-refractivity contribution in [1.82, 2.24) is 4.98 Å². The molecular weight excluding hydrogens is 348 g/mol. The van der Waals surface area contributed by atoms with E-state index in [0.717, 1.165) is 10.2 Å². The number of hydrogen-bond acceptors (Lipinski definition) is 5. The van der Waals surface area contributed by atoms with Gasteiger partial charge in [0.1, 0.15) is 5.75 Å². The quantitative estimate of drug-likeness (QED) is 0.460. The smallest absolute Gasteiger partial charge is 0.228 e. The number of para-hydroxylation sites is 1. The first-order valence-corrected chi connectivity index (χ1v) is 9.22. The Morgan fingerprint density at radius 2 is 1.85 bits per heavy atom. The summed E-state index contributed by atoms with van der Waals surface area (Å²) < 4.78 is 6.70. The van der Waals surface area contributed by atoms with Crippen molar-refractivity contribution in [2.24, 2.45) is 0 Å². The van der Waals surface area contributed by atoms with Crippen molar-refractivity contribution in [2.75, 3.05) is 18.6 Å². The molecule has 0 spiro atoms. The lowest BCUT2D eigenvalue weighted by molar-refractivity contribution is -0.118. The van der Waals surface area contributed by atoms with Crippen molar-refractivity contribution in [1.29, 1.82) is 0 Å². The molecule has 1 amide bonds. The van der Waals surface area contributed by atoms with E-state index in [1.54, 1.807) is 36.2 Å². The minimum absolute atomic E-state index is 0.0135. The van der Waals surface area contributed by atoms with Crippen molar-refractivity contribution in [3.63, 3.8) is 0 Å². The van der Waals surface area contributed by atoms with Crippen molar-refractivity contribution >= 4 is 38.4 Å². The molecule has 0 N–H and O–H groups in total. The van der Waals surface area contributed by atoms with Gasteiger partial charge in [0.2, 0.25) is 5.91 Å². The van der Waals surface area contributed by atoms with Gasteiger partial charge in [0.05, 0.1) is 16.8 Å². The molecule has 0 bridgehead atoms. The Balaban J connectivity index is 1.48. The van der Waals surface area contributed by atoms with Crippen LogP contribution in [0.4, 0.5) is 5.13 Å². The van der Waals surface area contributed by atoms with Gasteiger partial charge < -0.3 is 4.74 Å². The number of benzene rings is 2. The van der Waals surface area contributed by atoms with Gasteiger partial charge in [0.25, 0.3) is 0 Å². The second-order valence-electron chi connectivity index (χ2n) is 5.95. The van der Waals surface area contributed by atoms with Crippen LogP contribution >= 0.6 is 11.3 Å². The number of rotatable bonds is 7. The van der Waals surface area contributed by atoms with Crippen LogP contribution in [0, 0.1) is 0 Å². The summed E-state index contributed by atoms with van der Waals surface area (Å²) in [5.41, 5.74) is 1.56. The van der Waals surface area contributed by atoms with Gasteiger partial charge in [-0.25, -0.2) is 4.98 Å². The van der Waals surface area contributed by atoms with Crippen LogP contribution in [0.15, 0.2) is 48.5 Å². The molecule has 6 heteroatoms. The summed E-state index contributed by atoms with van der Waals surface area (Å²) >= 11 is 1.51. The monoisotopic (exact) mass is 368 g/mol. The average molecular weight is 368 g/mol. The fraction of sp³-hybridized carbons (Fsp3) is 0.250. The second-order valence-corrected chi connectivity index (χ2v) is 6.96. The molecule has 0 saturated heterocycles. The van der Waals surface area contributed by atoms with E-state index >= 15 is 0 Å². The summed E-state index contributed by atoms with van der Waals surface area (Å²) in [4.78, 5) is 29.7. The topological polar surface area (TPSA) is 59.5 Å². The first-order valence-electron chi connectivity index (χ1n) is 8.40. The lowest BCUT2D eigenvalue weighted by atomic mass is 10.1. The van der Waals surface area contributed by atoms with Crippen molar-refractivity contribution in [2.45, 2.75) is 19.8 Å². The third kappa shape index (κ3) is 4.26. The van der Waals surface area contributed by atoms with Gasteiger partial charge >= 0.3 is 0 Å². The van der Waals surface area contributed by atoms with Gasteiger partial charge in [-0.3, -0.25) is 14.5 Å². The number of Topliss-reactive ketones (excluding diaryl/α,β-unsaturated/α-hetero) is 1. The highest BCUT2D eigenvalue weighted by Crippen LogP contribution is 2.28. The van der Waals surface area contributed by atoms with Gasteiger partial charge in [0, 0.05) is 19.0 Å². The largest absolute Gasteiger partial charge is 0.494 e. The van der Waals surface area contributed by atoms with Crippen LogP contribution in [0.25, 0.3) is 10.2 Å². The molecule has 26 heavy (non-hydrogen) atoms. The standard InChI is InChI=1S/C20H20N2O3S/c1-14(23)15-9-11-16(12-10-15)25-13-5-8-19(24)22(2)20-21-17-6-3-4-7-18(17)26-20/h3-4,6-7,9-12H,5,8,13H2,1-2H3. The number of amides is 1. The van der Waals surface area contributed by atoms with Crippen molar-refractivity contribution < 1.29 is 14.3 Å². The number of ether oxygens (including phenoxy) is 1. The zero-order valence-electron chi connectivity index (χ0n) is 14.8. The molecule has 1 aromatic heterocycles. The zero-order valence-corrected chi connectivity index (χ0v) is 15.6. The minimum atomic E-state index is 0.0135. The van der Waals surface area contributed by atoms with Crippen LogP contribution in [0.1, 0.15) is 30.1 Å². The van der Waals surface area contributed by atoms with Crippen LogP contribution in [0.5, 0.6) is 5.75 Å². The summed E-state index contributed by atoms with van der Waals surface area (Å²) in [6.45, 7) is 1.97. The molecule has 0 radical (unpaired) electrons. The maximum atomic E-state index is 12.4. The Morgan fingerprint density at radius 1 is 1.12 bits per heavy atom. The number of carbonyl (C=O) groups is 2.